The molecule has 0 saturated heterocycles. The molecule has 1 heteroatoms. The molecule has 0 aliphatic carbocycles. The predicted octanol–water partition coefficient (Wildman–Crippen LogP) is 7.27. The SMILES string of the molecule is C=C1C=C2c3cc(CC)c(CCCc4ccccc4)cc3CC(CC)N2C=C1CC. The molecule has 30 heavy (non-hydrogen) atoms. The Morgan fingerprint density at radius 2 is 1.77 bits per heavy atom. The Balaban J connectivity index is 1.63. The summed E-state index contributed by atoms with van der Waals surface area (Å²) >= 11 is 0. The van der Waals surface area contributed by atoms with Crippen LogP contribution < -0.4 is 0 Å². The zero-order valence-electron chi connectivity index (χ0n) is 18.9. The third-order valence-electron chi connectivity index (χ3n) is 6.83. The maximum atomic E-state index is 4.34. The average molecular weight is 398 g/mol. The normalized spacial score (nSPS) is 17.9. The molecule has 4 rings (SSSR count). The van der Waals surface area contributed by atoms with Gasteiger partial charge in [0.1, 0.15) is 0 Å². The second kappa shape index (κ2) is 9.08. The van der Waals surface area contributed by atoms with Crippen LogP contribution >= 0.6 is 0 Å². The molecule has 2 aromatic carbocycles. The van der Waals surface area contributed by atoms with E-state index in [0.29, 0.717) is 6.04 Å². The Morgan fingerprint density at radius 3 is 2.47 bits per heavy atom. The summed E-state index contributed by atoms with van der Waals surface area (Å²) in [5.74, 6) is 0. The fourth-order valence-corrected chi connectivity index (χ4v) is 5.02. The summed E-state index contributed by atoms with van der Waals surface area (Å²) in [5.41, 5.74) is 11.4. The smallest absolute Gasteiger partial charge is 0.0491 e. The summed E-state index contributed by atoms with van der Waals surface area (Å²) in [7, 11) is 0. The zero-order valence-corrected chi connectivity index (χ0v) is 18.9. The van der Waals surface area contributed by atoms with Gasteiger partial charge in [-0.05, 0) is 90.5 Å². The van der Waals surface area contributed by atoms with Gasteiger partial charge in [0.05, 0.1) is 0 Å². The number of allylic oxidation sites excluding steroid dienone is 3. The first kappa shape index (κ1) is 20.7. The Morgan fingerprint density at radius 1 is 0.967 bits per heavy atom. The number of aryl methyl sites for hydroxylation is 3. The Kier molecular flexibility index (Phi) is 6.27. The number of fused-ring (bicyclic) bond motifs is 3. The lowest BCUT2D eigenvalue weighted by molar-refractivity contribution is 0.351. The van der Waals surface area contributed by atoms with Crippen LogP contribution in [-0.2, 0) is 25.7 Å². The standard InChI is InChI=1S/C29H35N/c1-5-23-19-28-26(17-25(23)15-11-14-22-12-9-8-10-13-22)18-27(7-3)30-20-24(6-2)21(4)16-29(28)30/h8-10,12-13,16-17,19-20,27H,4-7,11,14-15,18H2,1-3H3. The first-order chi connectivity index (χ1) is 14.6. The largest absolute Gasteiger partial charge is 0.344 e. The molecular weight excluding hydrogens is 362 g/mol. The van der Waals surface area contributed by atoms with Crippen LogP contribution in [0.2, 0.25) is 0 Å². The topological polar surface area (TPSA) is 3.24 Å². The van der Waals surface area contributed by atoms with Gasteiger partial charge in [-0.1, -0.05) is 63.7 Å². The molecule has 1 atom stereocenters. The summed E-state index contributed by atoms with van der Waals surface area (Å²) in [4.78, 5) is 2.53. The van der Waals surface area contributed by atoms with Crippen molar-refractivity contribution in [1.29, 1.82) is 0 Å². The van der Waals surface area contributed by atoms with E-state index in [0.717, 1.165) is 38.5 Å². The van der Waals surface area contributed by atoms with E-state index in [9.17, 15) is 0 Å². The molecule has 0 N–H and O–H groups in total. The molecule has 2 aliphatic rings. The van der Waals surface area contributed by atoms with E-state index in [1.54, 1.807) is 5.56 Å². The van der Waals surface area contributed by atoms with E-state index in [2.05, 4.69) is 87.0 Å². The van der Waals surface area contributed by atoms with Gasteiger partial charge in [0.25, 0.3) is 0 Å². The molecule has 1 unspecified atom stereocenters. The van der Waals surface area contributed by atoms with Crippen LogP contribution in [0.3, 0.4) is 0 Å². The highest BCUT2D eigenvalue weighted by atomic mass is 15.2. The van der Waals surface area contributed by atoms with Crippen molar-refractivity contribution in [3.05, 3.63) is 100 Å². The van der Waals surface area contributed by atoms with Crippen molar-refractivity contribution in [2.24, 2.45) is 0 Å². The summed E-state index contributed by atoms with van der Waals surface area (Å²) < 4.78 is 0. The van der Waals surface area contributed by atoms with Crippen LogP contribution in [0, 0.1) is 0 Å². The monoisotopic (exact) mass is 397 g/mol. The quantitative estimate of drug-likeness (QED) is 0.475. The van der Waals surface area contributed by atoms with E-state index in [-0.39, 0.29) is 0 Å². The number of benzene rings is 2. The lowest BCUT2D eigenvalue weighted by Crippen LogP contribution is -2.37. The fourth-order valence-electron chi connectivity index (χ4n) is 5.02. The molecule has 0 aromatic heterocycles. The molecule has 2 aromatic rings. The second-order valence-corrected chi connectivity index (χ2v) is 8.71. The number of hydrogen-bond donors (Lipinski definition) is 0. The lowest BCUT2D eigenvalue weighted by atomic mass is 9.83. The van der Waals surface area contributed by atoms with E-state index in [1.807, 2.05) is 0 Å². The van der Waals surface area contributed by atoms with Crippen LogP contribution in [0.4, 0.5) is 0 Å². The Labute approximate surface area is 182 Å². The van der Waals surface area contributed by atoms with Crippen molar-refractivity contribution in [3.63, 3.8) is 0 Å². The van der Waals surface area contributed by atoms with Crippen molar-refractivity contribution in [1.82, 2.24) is 4.90 Å². The Hall–Kier alpha value is -2.54. The maximum absolute atomic E-state index is 4.34. The summed E-state index contributed by atoms with van der Waals surface area (Å²) in [6.07, 6.45) is 12.7. The highest BCUT2D eigenvalue weighted by Crippen LogP contribution is 2.40. The van der Waals surface area contributed by atoms with Gasteiger partial charge in [0.15, 0.2) is 0 Å². The van der Waals surface area contributed by atoms with E-state index in [4.69, 9.17) is 0 Å². The van der Waals surface area contributed by atoms with Gasteiger partial charge < -0.3 is 4.90 Å². The van der Waals surface area contributed by atoms with Crippen molar-refractivity contribution in [3.8, 4) is 0 Å². The van der Waals surface area contributed by atoms with Crippen LogP contribution in [0.25, 0.3) is 5.70 Å². The molecule has 156 valence electrons. The van der Waals surface area contributed by atoms with Crippen molar-refractivity contribution < 1.29 is 0 Å². The van der Waals surface area contributed by atoms with Crippen molar-refractivity contribution in [2.75, 3.05) is 0 Å². The molecule has 0 bridgehead atoms. The summed E-state index contributed by atoms with van der Waals surface area (Å²) in [6, 6.07) is 16.4. The molecular formula is C29H35N. The summed E-state index contributed by atoms with van der Waals surface area (Å²) in [5, 5.41) is 0. The molecule has 0 radical (unpaired) electrons. The minimum atomic E-state index is 0.544. The van der Waals surface area contributed by atoms with E-state index >= 15 is 0 Å². The van der Waals surface area contributed by atoms with E-state index < -0.39 is 0 Å². The number of hydrogen-bond acceptors (Lipinski definition) is 1. The van der Waals surface area contributed by atoms with Gasteiger partial charge in [-0.2, -0.15) is 0 Å². The molecule has 2 aliphatic heterocycles. The van der Waals surface area contributed by atoms with Crippen molar-refractivity contribution in [2.45, 2.75) is 71.8 Å². The molecule has 0 saturated carbocycles. The van der Waals surface area contributed by atoms with Gasteiger partial charge in [-0.25, -0.2) is 0 Å². The highest BCUT2D eigenvalue weighted by molar-refractivity contribution is 5.76. The highest BCUT2D eigenvalue weighted by Gasteiger charge is 2.30. The molecule has 0 spiro atoms. The number of rotatable bonds is 7. The van der Waals surface area contributed by atoms with Gasteiger partial charge in [0.2, 0.25) is 0 Å². The van der Waals surface area contributed by atoms with Crippen LogP contribution in [0.5, 0.6) is 0 Å². The van der Waals surface area contributed by atoms with Crippen molar-refractivity contribution >= 4 is 5.70 Å². The zero-order chi connectivity index (χ0) is 21.1. The fraction of sp³-hybridized carbons (Fsp3) is 0.379. The maximum Gasteiger partial charge on any atom is 0.0491 e. The molecule has 0 fully saturated rings. The molecule has 2 heterocycles. The minimum Gasteiger partial charge on any atom is -0.344 e. The van der Waals surface area contributed by atoms with Crippen LogP contribution in [-0.4, -0.2) is 10.9 Å². The minimum absolute atomic E-state index is 0.544. The second-order valence-electron chi connectivity index (χ2n) is 8.71. The van der Waals surface area contributed by atoms with Gasteiger partial charge in [-0.3, -0.25) is 0 Å². The Bertz CT molecular complexity index is 977. The van der Waals surface area contributed by atoms with Gasteiger partial charge >= 0.3 is 0 Å². The average Bonchev–Trinajstić information content (AvgIpc) is 2.78. The first-order valence-electron chi connectivity index (χ1n) is 11.7. The molecule has 1 nitrogen and oxygen atoms in total. The number of nitrogens with zero attached hydrogens (tertiary/aromatic N) is 1. The third kappa shape index (κ3) is 4.03. The van der Waals surface area contributed by atoms with Crippen LogP contribution in [0.15, 0.2) is 72.5 Å². The van der Waals surface area contributed by atoms with E-state index in [1.165, 1.54) is 45.5 Å². The van der Waals surface area contributed by atoms with Gasteiger partial charge in [0, 0.05) is 23.5 Å². The predicted molar refractivity (Wildman–Crippen MR) is 129 cm³/mol. The summed E-state index contributed by atoms with van der Waals surface area (Å²) in [6.45, 7) is 11.2. The van der Waals surface area contributed by atoms with Crippen LogP contribution in [0.1, 0.15) is 67.9 Å². The van der Waals surface area contributed by atoms with Gasteiger partial charge in [-0.15, -0.1) is 0 Å². The molecule has 0 amide bonds. The first-order valence-corrected chi connectivity index (χ1v) is 11.7. The third-order valence-corrected chi connectivity index (χ3v) is 6.83. The lowest BCUT2D eigenvalue weighted by Gasteiger charge is -2.41.